The molecule has 1 amide bonds. The van der Waals surface area contributed by atoms with Crippen molar-refractivity contribution in [1.82, 2.24) is 24.7 Å². The third-order valence-electron chi connectivity index (χ3n) is 7.59. The summed E-state index contributed by atoms with van der Waals surface area (Å²) < 4.78 is 8.97. The summed E-state index contributed by atoms with van der Waals surface area (Å²) in [6.45, 7) is 13.4. The molecular weight excluding hydrogens is 582 g/mol. The molecule has 6 rings (SSSR count). The lowest BCUT2D eigenvalue weighted by Gasteiger charge is -2.15. The highest BCUT2D eigenvalue weighted by Gasteiger charge is 2.24. The van der Waals surface area contributed by atoms with E-state index in [0.717, 1.165) is 65.2 Å². The molecule has 0 unspecified atom stereocenters. The Morgan fingerprint density at radius 3 is 2.38 bits per heavy atom. The van der Waals surface area contributed by atoms with Crippen LogP contribution >= 0.6 is 11.3 Å². The number of thiophene rings is 1. The van der Waals surface area contributed by atoms with Crippen molar-refractivity contribution in [3.8, 4) is 44.5 Å². The van der Waals surface area contributed by atoms with Gasteiger partial charge in [0.05, 0.1) is 6.20 Å². The number of nitrogens with zero attached hydrogens (tertiary/aromatic N) is 5. The number of nitrogen functional groups attached to an aromatic ring is 1. The summed E-state index contributed by atoms with van der Waals surface area (Å²) in [5, 5.41) is 8.20. The molecule has 9 nitrogen and oxygen atoms in total. The van der Waals surface area contributed by atoms with E-state index in [1.54, 1.807) is 29.1 Å². The third-order valence-corrected chi connectivity index (χ3v) is 8.85. The van der Waals surface area contributed by atoms with Crippen LogP contribution in [0.3, 0.4) is 0 Å². The highest BCUT2D eigenvalue weighted by atomic mass is 32.1. The second-order valence-electron chi connectivity index (χ2n) is 11.3. The standard InChI is InChI=1S/C35H33N7O2S/c1-18(2)34(43)41-25-8-9-26(19(3)14-25)31-28(29-32(45-31)27(16-38-33(29)36)24-15-39-42(7)17-24)23-12-20(4)30(21(5)13-23)44-35-37-11-10-22(6)40-35/h8-17H,1H2,2-7H3,(H2,36,38)(H,41,43). The number of hydrogen-bond donors (Lipinski definition) is 2. The van der Waals surface area contributed by atoms with Gasteiger partial charge in [-0.05, 0) is 92.8 Å². The minimum atomic E-state index is -0.214. The van der Waals surface area contributed by atoms with E-state index in [1.165, 1.54) is 0 Å². The molecule has 226 valence electrons. The number of aryl methyl sites for hydroxylation is 5. The van der Waals surface area contributed by atoms with Gasteiger partial charge in [0, 0.05) is 74.2 Å². The Morgan fingerprint density at radius 2 is 1.73 bits per heavy atom. The van der Waals surface area contributed by atoms with Crippen LogP contribution in [0.5, 0.6) is 11.8 Å². The fourth-order valence-corrected chi connectivity index (χ4v) is 6.86. The first kappa shape index (κ1) is 29.7. The molecule has 45 heavy (non-hydrogen) atoms. The number of anilines is 2. The normalized spacial score (nSPS) is 11.2. The van der Waals surface area contributed by atoms with Crippen molar-refractivity contribution in [2.45, 2.75) is 34.6 Å². The van der Waals surface area contributed by atoms with Gasteiger partial charge in [0.1, 0.15) is 11.6 Å². The summed E-state index contributed by atoms with van der Waals surface area (Å²) in [5.41, 5.74) is 16.4. The number of carbonyl (C=O) groups is 1. The Morgan fingerprint density at radius 1 is 0.978 bits per heavy atom. The van der Waals surface area contributed by atoms with E-state index in [1.807, 2.05) is 77.6 Å². The van der Waals surface area contributed by atoms with Crippen molar-refractivity contribution in [3.63, 3.8) is 0 Å². The lowest BCUT2D eigenvalue weighted by molar-refractivity contribution is -0.112. The quantitative estimate of drug-likeness (QED) is 0.175. The maximum Gasteiger partial charge on any atom is 0.322 e. The van der Waals surface area contributed by atoms with Crippen molar-refractivity contribution in [2.75, 3.05) is 11.1 Å². The second-order valence-corrected chi connectivity index (χ2v) is 12.3. The molecule has 4 aromatic heterocycles. The number of rotatable bonds is 7. The van der Waals surface area contributed by atoms with Gasteiger partial charge in [0.25, 0.3) is 5.91 Å². The summed E-state index contributed by atoms with van der Waals surface area (Å²) >= 11 is 1.67. The van der Waals surface area contributed by atoms with Gasteiger partial charge in [-0.1, -0.05) is 12.6 Å². The highest BCUT2D eigenvalue weighted by Crippen LogP contribution is 2.51. The van der Waals surface area contributed by atoms with Gasteiger partial charge in [-0.3, -0.25) is 9.48 Å². The number of aromatic nitrogens is 5. The molecule has 0 aliphatic heterocycles. The van der Waals surface area contributed by atoms with Crippen LogP contribution in [0.25, 0.3) is 42.8 Å². The average Bonchev–Trinajstić information content (AvgIpc) is 3.60. The molecule has 0 spiro atoms. The zero-order valence-electron chi connectivity index (χ0n) is 26.0. The zero-order chi connectivity index (χ0) is 32.0. The van der Waals surface area contributed by atoms with Crippen LogP contribution in [0.4, 0.5) is 11.5 Å². The lowest BCUT2D eigenvalue weighted by atomic mass is 9.93. The van der Waals surface area contributed by atoms with Crippen molar-refractivity contribution < 1.29 is 9.53 Å². The van der Waals surface area contributed by atoms with Crippen LogP contribution in [0, 0.1) is 27.7 Å². The van der Waals surface area contributed by atoms with Crippen LogP contribution < -0.4 is 15.8 Å². The molecule has 0 bridgehead atoms. The molecule has 6 aromatic rings. The number of benzene rings is 2. The summed E-state index contributed by atoms with van der Waals surface area (Å²) in [6, 6.07) is 12.3. The first-order valence-electron chi connectivity index (χ1n) is 14.4. The molecule has 0 atom stereocenters. The van der Waals surface area contributed by atoms with Crippen LogP contribution in [0.1, 0.15) is 29.3 Å². The summed E-state index contributed by atoms with van der Waals surface area (Å²) in [6.07, 6.45) is 7.32. The second kappa shape index (κ2) is 11.6. The van der Waals surface area contributed by atoms with E-state index in [0.29, 0.717) is 28.8 Å². The molecule has 0 aliphatic rings. The van der Waals surface area contributed by atoms with Crippen LogP contribution in [-0.2, 0) is 11.8 Å². The maximum atomic E-state index is 12.3. The average molecular weight is 616 g/mol. The fourth-order valence-electron chi connectivity index (χ4n) is 5.41. The molecule has 0 fully saturated rings. The highest BCUT2D eigenvalue weighted by molar-refractivity contribution is 7.23. The van der Waals surface area contributed by atoms with Gasteiger partial charge >= 0.3 is 6.01 Å². The van der Waals surface area contributed by atoms with E-state index in [4.69, 9.17) is 10.5 Å². The van der Waals surface area contributed by atoms with Gasteiger partial charge in [-0.15, -0.1) is 11.3 Å². The Kier molecular flexibility index (Phi) is 7.68. The largest absolute Gasteiger partial charge is 0.424 e. The van der Waals surface area contributed by atoms with Gasteiger partial charge in [-0.25, -0.2) is 15.0 Å². The number of hydrogen-bond acceptors (Lipinski definition) is 8. The van der Waals surface area contributed by atoms with E-state index >= 15 is 0 Å². The van der Waals surface area contributed by atoms with E-state index < -0.39 is 0 Å². The number of ether oxygens (including phenoxy) is 1. The Bertz CT molecular complexity index is 2120. The van der Waals surface area contributed by atoms with Crippen molar-refractivity contribution >= 4 is 38.8 Å². The van der Waals surface area contributed by atoms with Crippen molar-refractivity contribution in [2.24, 2.45) is 7.05 Å². The smallest absolute Gasteiger partial charge is 0.322 e. The first-order chi connectivity index (χ1) is 21.5. The van der Waals surface area contributed by atoms with E-state index in [2.05, 4.69) is 44.1 Å². The SMILES string of the molecule is C=C(C)C(=O)Nc1ccc(-c2sc3c(-c4cnn(C)c4)cnc(N)c3c2-c2cc(C)c(Oc3nccc(C)n3)c(C)c2)c(C)c1. The number of carbonyl (C=O) groups excluding carboxylic acids is 1. The summed E-state index contributed by atoms with van der Waals surface area (Å²) in [7, 11) is 1.89. The van der Waals surface area contributed by atoms with Crippen molar-refractivity contribution in [1.29, 1.82) is 0 Å². The maximum absolute atomic E-state index is 12.3. The molecule has 10 heteroatoms. The Hall–Kier alpha value is -5.35. The minimum Gasteiger partial charge on any atom is -0.424 e. The van der Waals surface area contributed by atoms with Gasteiger partial charge in [0.15, 0.2) is 0 Å². The molecule has 0 saturated heterocycles. The summed E-state index contributed by atoms with van der Waals surface area (Å²) in [4.78, 5) is 26.7. The molecule has 2 aromatic carbocycles. The molecule has 4 heterocycles. The van der Waals surface area contributed by atoms with Gasteiger partial charge in [0.2, 0.25) is 0 Å². The van der Waals surface area contributed by atoms with Gasteiger partial charge in [-0.2, -0.15) is 5.10 Å². The van der Waals surface area contributed by atoms with Crippen molar-refractivity contribution in [3.05, 3.63) is 95.7 Å². The summed E-state index contributed by atoms with van der Waals surface area (Å²) in [5.74, 6) is 0.942. The van der Waals surface area contributed by atoms with Crippen LogP contribution in [0.15, 0.2) is 73.3 Å². The lowest BCUT2D eigenvalue weighted by Crippen LogP contribution is -2.11. The first-order valence-corrected chi connectivity index (χ1v) is 15.2. The molecular formula is C35H33N7O2S. The molecule has 0 aliphatic carbocycles. The zero-order valence-corrected chi connectivity index (χ0v) is 26.8. The predicted molar refractivity (Wildman–Crippen MR) is 182 cm³/mol. The van der Waals surface area contributed by atoms with Crippen LogP contribution in [0.2, 0.25) is 0 Å². The van der Waals surface area contributed by atoms with E-state index in [-0.39, 0.29) is 5.91 Å². The number of amides is 1. The Balaban J connectivity index is 1.57. The van der Waals surface area contributed by atoms with E-state index in [9.17, 15) is 4.79 Å². The number of nitrogens with two attached hydrogens (primary N) is 1. The third kappa shape index (κ3) is 5.67. The number of nitrogens with one attached hydrogen (secondary N) is 1. The minimum absolute atomic E-state index is 0.214. The predicted octanol–water partition coefficient (Wildman–Crippen LogP) is 7.94. The Labute approximate surface area is 265 Å². The number of fused-ring (bicyclic) bond motifs is 1. The van der Waals surface area contributed by atoms with Crippen LogP contribution in [-0.4, -0.2) is 30.6 Å². The topological polar surface area (TPSA) is 121 Å². The number of pyridine rings is 1. The van der Waals surface area contributed by atoms with Gasteiger partial charge < -0.3 is 15.8 Å². The monoisotopic (exact) mass is 615 g/mol. The molecule has 3 N–H and O–H groups in total. The molecule has 0 radical (unpaired) electrons. The fraction of sp³-hybridized carbons (Fsp3) is 0.171. The molecule has 0 saturated carbocycles.